The molecule has 0 saturated heterocycles. The van der Waals surface area contributed by atoms with Crippen molar-refractivity contribution in [2.24, 2.45) is 5.10 Å². The van der Waals surface area contributed by atoms with Gasteiger partial charge in [-0.1, -0.05) is 18.2 Å². The normalized spacial score (nSPS) is 11.3. The number of aryl methyl sites for hydroxylation is 1. The van der Waals surface area contributed by atoms with Gasteiger partial charge in [0.25, 0.3) is 11.6 Å². The van der Waals surface area contributed by atoms with Gasteiger partial charge >= 0.3 is 0 Å². The van der Waals surface area contributed by atoms with Crippen LogP contribution in [0.2, 0.25) is 0 Å². The van der Waals surface area contributed by atoms with Crippen molar-refractivity contribution in [2.45, 2.75) is 6.92 Å². The number of nitro benzene ring substituents is 1. The molecule has 0 aliphatic rings. The highest BCUT2D eigenvalue weighted by atomic mass is 32.2. The van der Waals surface area contributed by atoms with Crippen LogP contribution in [0.1, 0.15) is 11.1 Å². The fraction of sp³-hybridized carbons (Fsp3) is 0.222. The van der Waals surface area contributed by atoms with Crippen LogP contribution in [0.3, 0.4) is 0 Å². The maximum absolute atomic E-state index is 12.2. The van der Waals surface area contributed by atoms with E-state index in [0.29, 0.717) is 11.3 Å². The Kier molecular flexibility index (Phi) is 6.89. The predicted molar refractivity (Wildman–Crippen MR) is 109 cm³/mol. The minimum atomic E-state index is -3.79. The smallest absolute Gasteiger partial charge is 0.270 e. The van der Waals surface area contributed by atoms with E-state index in [9.17, 15) is 23.3 Å². The van der Waals surface area contributed by atoms with E-state index < -0.39 is 27.4 Å². The van der Waals surface area contributed by atoms with Crippen LogP contribution in [0.15, 0.2) is 47.6 Å². The number of ether oxygens (including phenoxy) is 1. The Morgan fingerprint density at radius 3 is 2.66 bits per heavy atom. The molecule has 0 fully saturated rings. The van der Waals surface area contributed by atoms with E-state index in [-0.39, 0.29) is 11.4 Å². The lowest BCUT2D eigenvalue weighted by Gasteiger charge is -2.23. The third-order valence-electron chi connectivity index (χ3n) is 3.77. The number of nitro groups is 1. The minimum Gasteiger partial charge on any atom is -0.495 e. The van der Waals surface area contributed by atoms with Crippen LogP contribution in [0.4, 0.5) is 11.4 Å². The van der Waals surface area contributed by atoms with E-state index >= 15 is 0 Å². The third kappa shape index (κ3) is 6.01. The summed E-state index contributed by atoms with van der Waals surface area (Å²) in [5, 5.41) is 14.5. The van der Waals surface area contributed by atoms with Crippen LogP contribution in [0.25, 0.3) is 0 Å². The molecule has 2 aromatic rings. The number of rotatable bonds is 8. The standard InChI is InChI=1S/C18H20N4O6S/c1-13-7-8-17(28-2)16(9-13)21(29(3,26)27)12-18(23)20-19-11-14-5-4-6-15(10-14)22(24)25/h4-11H,12H2,1-3H3,(H,20,23)/b19-11-. The van der Waals surface area contributed by atoms with Gasteiger partial charge in [0.2, 0.25) is 10.0 Å². The molecule has 0 saturated carbocycles. The molecule has 2 aromatic carbocycles. The molecule has 0 spiro atoms. The number of sulfonamides is 1. The molecular weight excluding hydrogens is 400 g/mol. The maximum atomic E-state index is 12.2. The van der Waals surface area contributed by atoms with Gasteiger partial charge in [0.15, 0.2) is 0 Å². The quantitative estimate of drug-likeness (QED) is 0.394. The molecular formula is C18H20N4O6S. The SMILES string of the molecule is COc1ccc(C)cc1N(CC(=O)N/N=C\c1cccc([N+](=O)[O-])c1)S(C)(=O)=O. The molecule has 10 nitrogen and oxygen atoms in total. The highest BCUT2D eigenvalue weighted by Gasteiger charge is 2.24. The summed E-state index contributed by atoms with van der Waals surface area (Å²) in [6.07, 6.45) is 2.21. The predicted octanol–water partition coefficient (Wildman–Crippen LogP) is 1.83. The molecule has 0 heterocycles. The number of amides is 1. The monoisotopic (exact) mass is 420 g/mol. The van der Waals surface area contributed by atoms with E-state index in [1.807, 2.05) is 0 Å². The molecule has 0 bridgehead atoms. The first-order valence-corrected chi connectivity index (χ1v) is 10.2. The van der Waals surface area contributed by atoms with Crippen LogP contribution in [-0.4, -0.2) is 45.4 Å². The van der Waals surface area contributed by atoms with Crippen molar-refractivity contribution in [1.82, 2.24) is 5.43 Å². The molecule has 154 valence electrons. The van der Waals surface area contributed by atoms with E-state index in [1.165, 1.54) is 31.5 Å². The molecule has 0 aliphatic heterocycles. The van der Waals surface area contributed by atoms with Crippen LogP contribution in [-0.2, 0) is 14.8 Å². The van der Waals surface area contributed by atoms with Crippen LogP contribution >= 0.6 is 0 Å². The Balaban J connectivity index is 2.17. The molecule has 29 heavy (non-hydrogen) atoms. The second-order valence-corrected chi connectivity index (χ2v) is 8.00. The van der Waals surface area contributed by atoms with Crippen molar-refractivity contribution in [2.75, 3.05) is 24.2 Å². The van der Waals surface area contributed by atoms with E-state index in [1.54, 1.807) is 31.2 Å². The van der Waals surface area contributed by atoms with Crippen molar-refractivity contribution >= 4 is 33.5 Å². The van der Waals surface area contributed by atoms with Crippen molar-refractivity contribution in [1.29, 1.82) is 0 Å². The zero-order chi connectivity index (χ0) is 21.6. The third-order valence-corrected chi connectivity index (χ3v) is 4.90. The number of carbonyl (C=O) groups excluding carboxylic acids is 1. The molecule has 2 rings (SSSR count). The first-order valence-electron chi connectivity index (χ1n) is 8.30. The molecule has 0 aromatic heterocycles. The summed E-state index contributed by atoms with van der Waals surface area (Å²) in [6, 6.07) is 10.6. The zero-order valence-electron chi connectivity index (χ0n) is 16.0. The van der Waals surface area contributed by atoms with Gasteiger partial charge < -0.3 is 4.74 Å². The average Bonchev–Trinajstić information content (AvgIpc) is 2.65. The van der Waals surface area contributed by atoms with Gasteiger partial charge in [-0.15, -0.1) is 0 Å². The number of non-ortho nitro benzene ring substituents is 1. The lowest BCUT2D eigenvalue weighted by Crippen LogP contribution is -2.39. The summed E-state index contributed by atoms with van der Waals surface area (Å²) in [6.45, 7) is 1.26. The van der Waals surface area contributed by atoms with Gasteiger partial charge in [-0.25, -0.2) is 13.8 Å². The molecule has 0 atom stereocenters. The lowest BCUT2D eigenvalue weighted by molar-refractivity contribution is -0.384. The highest BCUT2D eigenvalue weighted by molar-refractivity contribution is 7.92. The van der Waals surface area contributed by atoms with Crippen molar-refractivity contribution in [3.63, 3.8) is 0 Å². The van der Waals surface area contributed by atoms with Gasteiger partial charge in [-0.05, 0) is 24.6 Å². The number of anilines is 1. The highest BCUT2D eigenvalue weighted by Crippen LogP contribution is 2.30. The summed E-state index contributed by atoms with van der Waals surface area (Å²) in [4.78, 5) is 22.5. The lowest BCUT2D eigenvalue weighted by atomic mass is 10.2. The number of nitrogens with zero attached hydrogens (tertiary/aromatic N) is 3. The largest absolute Gasteiger partial charge is 0.495 e. The Morgan fingerprint density at radius 2 is 2.03 bits per heavy atom. The Hall–Kier alpha value is -3.47. The summed E-state index contributed by atoms with van der Waals surface area (Å²) in [5.41, 5.74) is 3.52. The van der Waals surface area contributed by atoms with Crippen molar-refractivity contribution in [3.8, 4) is 5.75 Å². The number of carbonyl (C=O) groups is 1. The number of nitrogens with one attached hydrogen (secondary N) is 1. The second kappa shape index (κ2) is 9.15. The summed E-state index contributed by atoms with van der Waals surface area (Å²) in [7, 11) is -2.39. The van der Waals surface area contributed by atoms with E-state index in [2.05, 4.69) is 10.5 Å². The fourth-order valence-electron chi connectivity index (χ4n) is 2.44. The van der Waals surface area contributed by atoms with Crippen LogP contribution in [0, 0.1) is 17.0 Å². The Morgan fingerprint density at radius 1 is 1.31 bits per heavy atom. The summed E-state index contributed by atoms with van der Waals surface area (Å²) < 4.78 is 30.6. The van der Waals surface area contributed by atoms with Crippen LogP contribution in [0.5, 0.6) is 5.75 Å². The topological polar surface area (TPSA) is 131 Å². The van der Waals surface area contributed by atoms with Gasteiger partial charge in [0.05, 0.1) is 30.2 Å². The first kappa shape index (κ1) is 21.8. The second-order valence-electron chi connectivity index (χ2n) is 6.09. The molecule has 11 heteroatoms. The zero-order valence-corrected chi connectivity index (χ0v) is 16.8. The van der Waals surface area contributed by atoms with Crippen LogP contribution < -0.4 is 14.5 Å². The molecule has 1 N–H and O–H groups in total. The average molecular weight is 420 g/mol. The molecule has 0 unspecified atom stereocenters. The van der Waals surface area contributed by atoms with Gasteiger partial charge in [-0.2, -0.15) is 5.10 Å². The number of hydrogen-bond acceptors (Lipinski definition) is 7. The molecule has 1 amide bonds. The number of hydrazone groups is 1. The van der Waals surface area contributed by atoms with E-state index in [0.717, 1.165) is 16.1 Å². The molecule has 0 aliphatic carbocycles. The van der Waals surface area contributed by atoms with E-state index in [4.69, 9.17) is 4.74 Å². The van der Waals surface area contributed by atoms with Gasteiger partial charge in [0, 0.05) is 17.7 Å². The maximum Gasteiger partial charge on any atom is 0.270 e. The summed E-state index contributed by atoms with van der Waals surface area (Å²) >= 11 is 0. The Bertz CT molecular complexity index is 1050. The molecule has 0 radical (unpaired) electrons. The minimum absolute atomic E-state index is 0.116. The Labute approximate surface area is 168 Å². The number of methoxy groups -OCH3 is 1. The van der Waals surface area contributed by atoms with Gasteiger partial charge in [-0.3, -0.25) is 19.2 Å². The number of hydrogen-bond donors (Lipinski definition) is 1. The first-order chi connectivity index (χ1) is 13.6. The fourth-order valence-corrected chi connectivity index (χ4v) is 3.29. The van der Waals surface area contributed by atoms with Crippen molar-refractivity contribution < 1.29 is 22.9 Å². The van der Waals surface area contributed by atoms with Crippen molar-refractivity contribution in [3.05, 3.63) is 63.7 Å². The summed E-state index contributed by atoms with van der Waals surface area (Å²) in [5.74, 6) is -0.394. The van der Waals surface area contributed by atoms with Gasteiger partial charge in [0.1, 0.15) is 12.3 Å². The number of benzene rings is 2.